The fourth-order valence-electron chi connectivity index (χ4n) is 4.52. The highest BCUT2D eigenvalue weighted by molar-refractivity contribution is 8.01. The van der Waals surface area contributed by atoms with Gasteiger partial charge in [0.15, 0.2) is 23.1 Å². The molecule has 6 nitrogen and oxygen atoms in total. The standard InChI is InChI=1S/C23H17F7N2O4S/c24-13-5-12(6-14(25)17(13)26)22(23(28,29)30)7-15(31-36-22)10-1-3-11(4-2-10)21(27)8-32(9-21)18(33)16-19(34)37-20(16)35/h1-6,16,19-20,34-35H,7-9H2. The fourth-order valence-corrected chi connectivity index (χ4v) is 5.41. The normalized spacial score (nSPS) is 28.7. The molecule has 3 unspecified atom stereocenters. The Labute approximate surface area is 208 Å². The van der Waals surface area contributed by atoms with Gasteiger partial charge in [-0.05, 0) is 23.3 Å². The number of alkyl halides is 4. The van der Waals surface area contributed by atoms with Crippen LogP contribution in [0, 0.1) is 23.4 Å². The van der Waals surface area contributed by atoms with E-state index in [0.717, 1.165) is 16.7 Å². The van der Waals surface area contributed by atoms with Crippen molar-refractivity contribution in [3.8, 4) is 0 Å². The van der Waals surface area contributed by atoms with Crippen LogP contribution in [0.3, 0.4) is 0 Å². The van der Waals surface area contributed by atoms with Gasteiger partial charge < -0.3 is 20.0 Å². The average molecular weight is 550 g/mol. The molecule has 0 saturated carbocycles. The van der Waals surface area contributed by atoms with Crippen LogP contribution in [0.25, 0.3) is 0 Å². The predicted molar refractivity (Wildman–Crippen MR) is 115 cm³/mol. The van der Waals surface area contributed by atoms with E-state index >= 15 is 4.39 Å². The van der Waals surface area contributed by atoms with E-state index < -0.39 is 69.6 Å². The first-order valence-corrected chi connectivity index (χ1v) is 11.8. The minimum absolute atomic E-state index is 0.117. The van der Waals surface area contributed by atoms with E-state index in [1.165, 1.54) is 24.3 Å². The molecular weight excluding hydrogens is 533 g/mol. The molecular formula is C23H17F7N2O4S. The lowest BCUT2D eigenvalue weighted by molar-refractivity contribution is -0.276. The van der Waals surface area contributed by atoms with Gasteiger partial charge in [0.1, 0.15) is 16.8 Å². The fraction of sp³-hybridized carbons (Fsp3) is 0.391. The molecule has 5 rings (SSSR count). The van der Waals surface area contributed by atoms with Gasteiger partial charge in [0, 0.05) is 12.0 Å². The van der Waals surface area contributed by atoms with Crippen molar-refractivity contribution in [1.29, 1.82) is 0 Å². The number of amides is 1. The number of carbonyl (C=O) groups excluding carboxylic acids is 1. The lowest BCUT2D eigenvalue weighted by Gasteiger charge is -2.48. The van der Waals surface area contributed by atoms with E-state index in [1.54, 1.807) is 0 Å². The van der Waals surface area contributed by atoms with E-state index in [-0.39, 0.29) is 42.1 Å². The van der Waals surface area contributed by atoms with Crippen LogP contribution in [-0.4, -0.2) is 56.9 Å². The molecule has 2 N–H and O–H groups in total. The van der Waals surface area contributed by atoms with E-state index in [0.29, 0.717) is 0 Å². The minimum atomic E-state index is -5.18. The molecule has 14 heteroatoms. The zero-order chi connectivity index (χ0) is 26.9. The summed E-state index contributed by atoms with van der Waals surface area (Å²) < 4.78 is 98.1. The molecule has 3 aliphatic rings. The molecule has 1 amide bonds. The second kappa shape index (κ2) is 8.60. The van der Waals surface area contributed by atoms with Gasteiger partial charge in [-0.1, -0.05) is 41.2 Å². The average Bonchev–Trinajstić information content (AvgIpc) is 3.27. The molecule has 37 heavy (non-hydrogen) atoms. The van der Waals surface area contributed by atoms with Crippen molar-refractivity contribution in [2.75, 3.05) is 13.1 Å². The zero-order valence-corrected chi connectivity index (χ0v) is 19.3. The summed E-state index contributed by atoms with van der Waals surface area (Å²) in [5.41, 5.74) is -8.35. The summed E-state index contributed by atoms with van der Waals surface area (Å²) in [7, 11) is 0. The van der Waals surface area contributed by atoms with Crippen LogP contribution in [0.15, 0.2) is 41.6 Å². The first-order valence-electron chi connectivity index (χ1n) is 10.8. The Kier molecular flexibility index (Phi) is 5.99. The summed E-state index contributed by atoms with van der Waals surface area (Å²) in [4.78, 5) is 18.2. The summed E-state index contributed by atoms with van der Waals surface area (Å²) in [6.07, 6.45) is -6.16. The highest BCUT2D eigenvalue weighted by Gasteiger charge is 2.63. The maximum atomic E-state index is 15.3. The third-order valence-corrected chi connectivity index (χ3v) is 7.89. The predicted octanol–water partition coefficient (Wildman–Crippen LogP) is 3.69. The van der Waals surface area contributed by atoms with Gasteiger partial charge in [-0.3, -0.25) is 4.79 Å². The molecule has 3 atom stereocenters. The van der Waals surface area contributed by atoms with Crippen LogP contribution < -0.4 is 0 Å². The molecule has 2 fully saturated rings. The number of thioether (sulfide) groups is 1. The Balaban J connectivity index is 1.32. The summed E-state index contributed by atoms with van der Waals surface area (Å²) in [6, 6.07) is 5.57. The van der Waals surface area contributed by atoms with Gasteiger partial charge in [-0.25, -0.2) is 17.6 Å². The minimum Gasteiger partial charge on any atom is -0.381 e. The van der Waals surface area contributed by atoms with Crippen LogP contribution in [0.5, 0.6) is 0 Å². The highest BCUT2D eigenvalue weighted by atomic mass is 32.2. The van der Waals surface area contributed by atoms with Crippen LogP contribution >= 0.6 is 11.8 Å². The van der Waals surface area contributed by atoms with Crippen molar-refractivity contribution in [1.82, 2.24) is 4.90 Å². The molecule has 198 valence electrons. The third kappa shape index (κ3) is 4.05. The quantitative estimate of drug-likeness (QED) is 0.449. The van der Waals surface area contributed by atoms with Gasteiger partial charge in [0.25, 0.3) is 5.60 Å². The molecule has 0 aliphatic carbocycles. The van der Waals surface area contributed by atoms with E-state index in [1.807, 2.05) is 0 Å². The van der Waals surface area contributed by atoms with E-state index in [2.05, 4.69) is 9.99 Å². The number of rotatable bonds is 4. The molecule has 2 aromatic rings. The van der Waals surface area contributed by atoms with E-state index in [9.17, 15) is 41.4 Å². The van der Waals surface area contributed by atoms with Gasteiger partial charge in [-0.2, -0.15) is 13.2 Å². The van der Waals surface area contributed by atoms with Crippen LogP contribution in [0.2, 0.25) is 0 Å². The number of aliphatic hydroxyl groups is 2. The molecule has 0 aromatic heterocycles. The lowest BCUT2D eigenvalue weighted by Crippen LogP contribution is -2.63. The van der Waals surface area contributed by atoms with Crippen LogP contribution in [0.4, 0.5) is 30.7 Å². The molecule has 0 spiro atoms. The largest absolute Gasteiger partial charge is 0.435 e. The number of likely N-dealkylation sites (tertiary alicyclic amines) is 1. The van der Waals surface area contributed by atoms with Crippen molar-refractivity contribution in [2.24, 2.45) is 11.1 Å². The SMILES string of the molecule is O=C(C1C(O)SC1O)N1CC(F)(c2ccc(C3=NOC(c4cc(F)c(F)c(F)c4)(C(F)(F)F)C3)cc2)C1. The first kappa shape index (κ1) is 25.8. The van der Waals surface area contributed by atoms with Gasteiger partial charge in [0.2, 0.25) is 5.91 Å². The van der Waals surface area contributed by atoms with Crippen LogP contribution in [0.1, 0.15) is 23.1 Å². The summed E-state index contributed by atoms with van der Waals surface area (Å²) in [5, 5.41) is 22.7. The number of nitrogens with zero attached hydrogens (tertiary/aromatic N) is 2. The second-order valence-electron chi connectivity index (χ2n) is 9.06. The molecule has 3 aliphatic heterocycles. The Morgan fingerprint density at radius 2 is 1.59 bits per heavy atom. The number of benzene rings is 2. The number of hydrogen-bond acceptors (Lipinski definition) is 6. The summed E-state index contributed by atoms with van der Waals surface area (Å²) >= 11 is 0.808. The Morgan fingerprint density at radius 3 is 2.11 bits per heavy atom. The molecule has 0 radical (unpaired) electrons. The zero-order valence-electron chi connectivity index (χ0n) is 18.5. The smallest absolute Gasteiger partial charge is 0.381 e. The molecule has 0 bridgehead atoms. The number of hydrogen-bond donors (Lipinski definition) is 2. The molecule has 3 heterocycles. The Bertz CT molecular complexity index is 1250. The molecule has 2 saturated heterocycles. The Hall–Kier alpha value is -2.84. The Morgan fingerprint density at radius 1 is 1.03 bits per heavy atom. The van der Waals surface area contributed by atoms with Crippen molar-refractivity contribution in [2.45, 2.75) is 34.7 Å². The maximum absolute atomic E-state index is 15.3. The van der Waals surface area contributed by atoms with Gasteiger partial charge in [0.05, 0.1) is 18.8 Å². The summed E-state index contributed by atoms with van der Waals surface area (Å²) in [6.45, 7) is -0.677. The molecule has 2 aromatic carbocycles. The number of halogens is 7. The van der Waals surface area contributed by atoms with Gasteiger partial charge in [-0.15, -0.1) is 0 Å². The monoisotopic (exact) mass is 550 g/mol. The highest BCUT2D eigenvalue weighted by Crippen LogP contribution is 2.49. The number of aliphatic hydroxyl groups excluding tert-OH is 2. The number of oxime groups is 1. The second-order valence-corrected chi connectivity index (χ2v) is 10.3. The van der Waals surface area contributed by atoms with Crippen molar-refractivity contribution >= 4 is 23.4 Å². The third-order valence-electron chi connectivity index (χ3n) is 6.74. The van der Waals surface area contributed by atoms with Crippen molar-refractivity contribution in [3.63, 3.8) is 0 Å². The summed E-state index contributed by atoms with van der Waals surface area (Å²) in [5.74, 6) is -7.18. The topological polar surface area (TPSA) is 82.4 Å². The van der Waals surface area contributed by atoms with Crippen molar-refractivity contribution < 1.29 is 50.6 Å². The maximum Gasteiger partial charge on any atom is 0.435 e. The van der Waals surface area contributed by atoms with E-state index in [4.69, 9.17) is 0 Å². The van der Waals surface area contributed by atoms with Gasteiger partial charge >= 0.3 is 6.18 Å². The lowest BCUT2D eigenvalue weighted by atomic mass is 9.84. The number of carbonyl (C=O) groups is 1. The first-order chi connectivity index (χ1) is 17.3. The van der Waals surface area contributed by atoms with Crippen LogP contribution in [-0.2, 0) is 20.9 Å². The van der Waals surface area contributed by atoms with Crippen molar-refractivity contribution in [3.05, 3.63) is 70.5 Å².